The van der Waals surface area contributed by atoms with E-state index in [1.54, 1.807) is 19.2 Å². The van der Waals surface area contributed by atoms with E-state index in [1.807, 2.05) is 25.1 Å². The maximum atomic E-state index is 12.4. The van der Waals surface area contributed by atoms with Gasteiger partial charge in [-0.2, -0.15) is 0 Å². The molecule has 2 aromatic carbocycles. The third kappa shape index (κ3) is 5.45. The molecule has 1 amide bonds. The van der Waals surface area contributed by atoms with Crippen LogP contribution in [0.25, 0.3) is 0 Å². The Morgan fingerprint density at radius 1 is 1.04 bits per heavy atom. The van der Waals surface area contributed by atoms with E-state index in [1.165, 1.54) is 11.1 Å². The second-order valence-corrected chi connectivity index (χ2v) is 6.15. The van der Waals surface area contributed by atoms with Gasteiger partial charge < -0.3 is 10.1 Å². The summed E-state index contributed by atoms with van der Waals surface area (Å²) in [4.78, 5) is 24.3. The zero-order chi connectivity index (χ0) is 18.2. The fourth-order valence-electron chi connectivity index (χ4n) is 2.72. The van der Waals surface area contributed by atoms with Crippen molar-refractivity contribution in [1.29, 1.82) is 0 Å². The zero-order valence-electron chi connectivity index (χ0n) is 15.1. The number of Topliss-reactive ketones (excluding diaryl/α,β-unsaturated/α-hetero) is 1. The van der Waals surface area contributed by atoms with Crippen molar-refractivity contribution in [3.63, 3.8) is 0 Å². The molecule has 0 radical (unpaired) electrons. The van der Waals surface area contributed by atoms with E-state index in [-0.39, 0.29) is 24.5 Å². The highest BCUT2D eigenvalue weighted by molar-refractivity contribution is 6.00. The van der Waals surface area contributed by atoms with Crippen LogP contribution in [0.2, 0.25) is 0 Å². The van der Waals surface area contributed by atoms with Gasteiger partial charge in [-0.3, -0.25) is 9.59 Å². The van der Waals surface area contributed by atoms with E-state index in [4.69, 9.17) is 4.74 Å². The van der Waals surface area contributed by atoms with E-state index in [9.17, 15) is 9.59 Å². The van der Waals surface area contributed by atoms with Gasteiger partial charge in [-0.1, -0.05) is 35.9 Å². The first kappa shape index (κ1) is 18.7. The third-order valence-corrected chi connectivity index (χ3v) is 4.21. The Hall–Kier alpha value is -2.62. The van der Waals surface area contributed by atoms with Crippen LogP contribution < -0.4 is 10.1 Å². The van der Waals surface area contributed by atoms with Gasteiger partial charge in [-0.05, 0) is 43.5 Å². The molecule has 132 valence electrons. The number of rotatable bonds is 8. The number of aryl methyl sites for hydroxylation is 2. The van der Waals surface area contributed by atoms with Crippen LogP contribution in [0.3, 0.4) is 0 Å². The summed E-state index contributed by atoms with van der Waals surface area (Å²) in [5.74, 6) is 0.374. The van der Waals surface area contributed by atoms with Crippen molar-refractivity contribution in [1.82, 2.24) is 5.32 Å². The number of ether oxygens (including phenoxy) is 1. The van der Waals surface area contributed by atoms with Crippen molar-refractivity contribution in [2.75, 3.05) is 13.7 Å². The van der Waals surface area contributed by atoms with Crippen LogP contribution in [-0.4, -0.2) is 25.3 Å². The fourth-order valence-corrected chi connectivity index (χ4v) is 2.72. The molecule has 0 atom stereocenters. The average molecular weight is 339 g/mol. The van der Waals surface area contributed by atoms with Crippen LogP contribution in [0, 0.1) is 13.8 Å². The number of hydrogen-bond acceptors (Lipinski definition) is 3. The fraction of sp³-hybridized carbons (Fsp3) is 0.333. The van der Waals surface area contributed by atoms with Crippen molar-refractivity contribution >= 4 is 11.7 Å². The molecular weight excluding hydrogens is 314 g/mol. The SMILES string of the molecule is COc1ccc(C)cc1C(=O)CCC(=O)NCCc1ccccc1C. The highest BCUT2D eigenvalue weighted by atomic mass is 16.5. The predicted molar refractivity (Wildman–Crippen MR) is 99.2 cm³/mol. The van der Waals surface area contributed by atoms with E-state index in [0.717, 1.165) is 12.0 Å². The Kier molecular flexibility index (Phi) is 6.75. The van der Waals surface area contributed by atoms with E-state index in [2.05, 4.69) is 24.4 Å². The minimum atomic E-state index is -0.103. The summed E-state index contributed by atoms with van der Waals surface area (Å²) in [6, 6.07) is 13.6. The maximum Gasteiger partial charge on any atom is 0.220 e. The molecule has 2 aromatic rings. The van der Waals surface area contributed by atoms with Gasteiger partial charge >= 0.3 is 0 Å². The molecule has 4 heteroatoms. The number of methoxy groups -OCH3 is 1. The number of hydrogen-bond donors (Lipinski definition) is 1. The van der Waals surface area contributed by atoms with Crippen molar-refractivity contribution in [3.8, 4) is 5.75 Å². The molecule has 0 saturated heterocycles. The Morgan fingerprint density at radius 3 is 2.52 bits per heavy atom. The van der Waals surface area contributed by atoms with Crippen LogP contribution >= 0.6 is 0 Å². The number of benzene rings is 2. The lowest BCUT2D eigenvalue weighted by Crippen LogP contribution is -2.26. The van der Waals surface area contributed by atoms with E-state index >= 15 is 0 Å². The molecule has 0 aliphatic carbocycles. The van der Waals surface area contributed by atoms with Gasteiger partial charge in [0.2, 0.25) is 5.91 Å². The maximum absolute atomic E-state index is 12.4. The number of carbonyl (C=O) groups excluding carboxylic acids is 2. The third-order valence-electron chi connectivity index (χ3n) is 4.21. The van der Waals surface area contributed by atoms with Crippen molar-refractivity contribution in [3.05, 3.63) is 64.7 Å². The van der Waals surface area contributed by atoms with Gasteiger partial charge in [0.25, 0.3) is 0 Å². The molecule has 2 rings (SSSR count). The minimum Gasteiger partial charge on any atom is -0.496 e. The summed E-state index contributed by atoms with van der Waals surface area (Å²) in [5, 5.41) is 2.88. The first-order valence-corrected chi connectivity index (χ1v) is 8.50. The van der Waals surface area contributed by atoms with Crippen LogP contribution in [0.15, 0.2) is 42.5 Å². The highest BCUT2D eigenvalue weighted by Gasteiger charge is 2.14. The molecule has 0 unspecified atom stereocenters. The number of ketones is 1. The van der Waals surface area contributed by atoms with Crippen molar-refractivity contribution < 1.29 is 14.3 Å². The molecule has 0 bridgehead atoms. The molecule has 0 aromatic heterocycles. The lowest BCUT2D eigenvalue weighted by Gasteiger charge is -2.09. The molecule has 0 spiro atoms. The van der Waals surface area contributed by atoms with Gasteiger partial charge in [0.05, 0.1) is 12.7 Å². The smallest absolute Gasteiger partial charge is 0.220 e. The summed E-state index contributed by atoms with van der Waals surface area (Å²) >= 11 is 0. The quantitative estimate of drug-likeness (QED) is 0.747. The van der Waals surface area contributed by atoms with Gasteiger partial charge in [-0.15, -0.1) is 0 Å². The van der Waals surface area contributed by atoms with E-state index in [0.29, 0.717) is 17.9 Å². The number of amides is 1. The standard InChI is InChI=1S/C21H25NO3/c1-15-8-10-20(25-3)18(14-15)19(23)9-11-21(24)22-13-12-17-7-5-4-6-16(17)2/h4-8,10,14H,9,11-13H2,1-3H3,(H,22,24). The lowest BCUT2D eigenvalue weighted by atomic mass is 10.0. The van der Waals surface area contributed by atoms with Crippen molar-refractivity contribution in [2.24, 2.45) is 0 Å². The first-order valence-electron chi connectivity index (χ1n) is 8.50. The molecule has 0 aliphatic heterocycles. The van der Waals surface area contributed by atoms with Crippen LogP contribution in [0.1, 0.15) is 39.9 Å². The molecule has 4 nitrogen and oxygen atoms in total. The Balaban J connectivity index is 1.81. The first-order chi connectivity index (χ1) is 12.0. The highest BCUT2D eigenvalue weighted by Crippen LogP contribution is 2.21. The normalized spacial score (nSPS) is 10.4. The van der Waals surface area contributed by atoms with E-state index < -0.39 is 0 Å². The molecule has 0 heterocycles. The summed E-state index contributed by atoms with van der Waals surface area (Å²) in [7, 11) is 1.54. The molecule has 0 aliphatic rings. The number of carbonyl (C=O) groups is 2. The van der Waals surface area contributed by atoms with Crippen LogP contribution in [0.4, 0.5) is 0 Å². The Morgan fingerprint density at radius 2 is 1.80 bits per heavy atom. The summed E-state index contributed by atoms with van der Waals surface area (Å²) in [5.41, 5.74) is 3.98. The van der Waals surface area contributed by atoms with Gasteiger partial charge in [0.15, 0.2) is 5.78 Å². The summed E-state index contributed by atoms with van der Waals surface area (Å²) in [6.07, 6.45) is 1.15. The monoisotopic (exact) mass is 339 g/mol. The lowest BCUT2D eigenvalue weighted by molar-refractivity contribution is -0.121. The Bertz CT molecular complexity index is 753. The summed E-state index contributed by atoms with van der Waals surface area (Å²) in [6.45, 7) is 4.56. The predicted octanol–water partition coefficient (Wildman–Crippen LogP) is 3.63. The zero-order valence-corrected chi connectivity index (χ0v) is 15.1. The average Bonchev–Trinajstić information content (AvgIpc) is 2.61. The van der Waals surface area contributed by atoms with Gasteiger partial charge in [0.1, 0.15) is 5.75 Å². The summed E-state index contributed by atoms with van der Waals surface area (Å²) < 4.78 is 5.23. The second-order valence-electron chi connectivity index (χ2n) is 6.15. The largest absolute Gasteiger partial charge is 0.496 e. The number of nitrogens with one attached hydrogen (secondary N) is 1. The van der Waals surface area contributed by atoms with Crippen molar-refractivity contribution in [2.45, 2.75) is 33.1 Å². The topological polar surface area (TPSA) is 55.4 Å². The van der Waals surface area contributed by atoms with Crippen LogP contribution in [0.5, 0.6) is 5.75 Å². The molecule has 0 fully saturated rings. The molecular formula is C21H25NO3. The molecule has 0 saturated carbocycles. The van der Waals surface area contributed by atoms with Gasteiger partial charge in [-0.25, -0.2) is 0 Å². The van der Waals surface area contributed by atoms with Gasteiger partial charge in [0, 0.05) is 19.4 Å². The van der Waals surface area contributed by atoms with Crippen LogP contribution in [-0.2, 0) is 11.2 Å². The molecule has 25 heavy (non-hydrogen) atoms. The second kappa shape index (κ2) is 9.02. The Labute approximate surface area is 149 Å². The molecule has 1 N–H and O–H groups in total. The minimum absolute atomic E-state index is 0.0744.